The van der Waals surface area contributed by atoms with E-state index in [4.69, 9.17) is 0 Å². The van der Waals surface area contributed by atoms with Crippen molar-refractivity contribution in [2.45, 2.75) is 27.7 Å². The summed E-state index contributed by atoms with van der Waals surface area (Å²) in [6, 6.07) is 1.92. The van der Waals surface area contributed by atoms with Crippen LogP contribution in [0.3, 0.4) is 0 Å². The van der Waals surface area contributed by atoms with Crippen LogP contribution in [0.2, 0.25) is 0 Å². The highest BCUT2D eigenvalue weighted by atomic mass is 16.3. The number of nitrogens with zero attached hydrogens (tertiary/aromatic N) is 2. The number of aromatic nitrogens is 1. The summed E-state index contributed by atoms with van der Waals surface area (Å²) in [5.41, 5.74) is 6.19. The van der Waals surface area contributed by atoms with Crippen LogP contribution in [0.4, 0.5) is 0 Å². The normalized spacial score (nSPS) is 21.7. The molecule has 1 aliphatic heterocycles. The maximum absolute atomic E-state index is 12.6. The number of Topliss-reactive ketones (excluding diaryl/α,β-unsaturated/α-hetero) is 1. The minimum absolute atomic E-state index is 0.132. The molecule has 0 spiro atoms. The van der Waals surface area contributed by atoms with Gasteiger partial charge in [0.05, 0.1) is 5.57 Å². The van der Waals surface area contributed by atoms with Crippen molar-refractivity contribution in [2.75, 3.05) is 7.05 Å². The van der Waals surface area contributed by atoms with E-state index in [1.54, 1.807) is 0 Å². The van der Waals surface area contributed by atoms with E-state index >= 15 is 0 Å². The topological polar surface area (TPSA) is 48.1 Å². The molecule has 4 nitrogen and oxygen atoms in total. The van der Waals surface area contributed by atoms with E-state index < -0.39 is 0 Å². The summed E-state index contributed by atoms with van der Waals surface area (Å²) in [5, 5.41) is 12.6. The first kappa shape index (κ1) is 14.6. The van der Waals surface area contributed by atoms with Crippen LogP contribution in [0.5, 0.6) is 0 Å². The van der Waals surface area contributed by atoms with Gasteiger partial charge in [-0.2, -0.15) is 0 Å². The van der Waals surface area contributed by atoms with E-state index in [2.05, 4.69) is 0 Å². The number of carbonyl (C=O) groups is 1. The zero-order chi connectivity index (χ0) is 16.3. The fourth-order valence-corrected chi connectivity index (χ4v) is 3.10. The molecule has 0 saturated carbocycles. The molecule has 0 amide bonds. The SMILES string of the molecule is CC1=C/C(=C2/C(=O)C(c3cc(C)n(C)c3C)=C2[O-])C(C)=[N+]1C. The second-order valence-electron chi connectivity index (χ2n) is 6.10. The summed E-state index contributed by atoms with van der Waals surface area (Å²) >= 11 is 0. The largest absolute Gasteiger partial charge is 0.871 e. The lowest BCUT2D eigenvalue weighted by Gasteiger charge is -2.31. The molecule has 3 rings (SSSR count). The zero-order valence-electron chi connectivity index (χ0n) is 13.9. The number of aryl methyl sites for hydroxylation is 1. The summed E-state index contributed by atoms with van der Waals surface area (Å²) in [4.78, 5) is 12.6. The van der Waals surface area contributed by atoms with Crippen LogP contribution in [-0.4, -0.2) is 27.7 Å². The van der Waals surface area contributed by atoms with Crippen LogP contribution in [-0.2, 0) is 11.8 Å². The van der Waals surface area contributed by atoms with Crippen molar-refractivity contribution in [3.63, 3.8) is 0 Å². The van der Waals surface area contributed by atoms with Gasteiger partial charge in [-0.1, -0.05) is 5.76 Å². The lowest BCUT2D eigenvalue weighted by molar-refractivity contribution is -0.439. The molecule has 1 aliphatic carbocycles. The lowest BCUT2D eigenvalue weighted by atomic mass is 9.80. The van der Waals surface area contributed by atoms with Gasteiger partial charge < -0.3 is 9.67 Å². The van der Waals surface area contributed by atoms with Gasteiger partial charge in [0.15, 0.2) is 17.2 Å². The highest BCUT2D eigenvalue weighted by molar-refractivity contribution is 6.40. The van der Waals surface area contributed by atoms with Crippen molar-refractivity contribution in [1.82, 2.24) is 4.57 Å². The molecule has 0 fully saturated rings. The molecule has 2 aliphatic rings. The third-order valence-electron chi connectivity index (χ3n) is 5.00. The Balaban J connectivity index is 2.18. The Hall–Kier alpha value is -2.36. The molecular weight excluding hydrogens is 276 g/mol. The predicted molar refractivity (Wildman–Crippen MR) is 84.5 cm³/mol. The van der Waals surface area contributed by atoms with Crippen molar-refractivity contribution >= 4 is 17.1 Å². The standard InChI is InChI=1S/C18H20N2O2/c1-9-7-13(11(3)19(9)5)15-17(21)16(18(15)22)14-8-10(2)20(6)12(14)4/h7-8H,1-6H3. The summed E-state index contributed by atoms with van der Waals surface area (Å²) in [6.07, 6.45) is 1.92. The monoisotopic (exact) mass is 296 g/mol. The highest BCUT2D eigenvalue weighted by Crippen LogP contribution is 2.39. The molecule has 2 heterocycles. The average Bonchev–Trinajstić information content (AvgIpc) is 2.85. The van der Waals surface area contributed by atoms with E-state index in [1.807, 2.05) is 63.1 Å². The van der Waals surface area contributed by atoms with Crippen molar-refractivity contribution in [2.24, 2.45) is 7.05 Å². The summed E-state index contributed by atoms with van der Waals surface area (Å²) in [7, 11) is 3.88. The number of hydrogen-bond acceptors (Lipinski definition) is 2. The summed E-state index contributed by atoms with van der Waals surface area (Å²) < 4.78 is 4.00. The number of hydrogen-bond donors (Lipinski definition) is 0. The van der Waals surface area contributed by atoms with Gasteiger partial charge in [-0.3, -0.25) is 4.79 Å². The first-order valence-electron chi connectivity index (χ1n) is 7.35. The molecule has 4 heteroatoms. The van der Waals surface area contributed by atoms with Gasteiger partial charge in [0.2, 0.25) is 0 Å². The van der Waals surface area contributed by atoms with Gasteiger partial charge in [-0.25, -0.2) is 4.58 Å². The Morgan fingerprint density at radius 3 is 2.18 bits per heavy atom. The molecule has 0 bridgehead atoms. The Morgan fingerprint density at radius 2 is 1.77 bits per heavy atom. The minimum Gasteiger partial charge on any atom is -0.871 e. The van der Waals surface area contributed by atoms with E-state index in [0.717, 1.165) is 33.9 Å². The molecule has 0 aromatic carbocycles. The highest BCUT2D eigenvalue weighted by Gasteiger charge is 2.36. The molecule has 1 aromatic heterocycles. The zero-order valence-corrected chi connectivity index (χ0v) is 13.9. The molecular formula is C18H20N2O2. The van der Waals surface area contributed by atoms with Crippen LogP contribution >= 0.6 is 0 Å². The molecule has 0 atom stereocenters. The number of allylic oxidation sites excluding steroid dienone is 5. The maximum atomic E-state index is 12.6. The number of ketones is 1. The third kappa shape index (κ3) is 1.70. The van der Waals surface area contributed by atoms with Crippen LogP contribution in [0.15, 0.2) is 34.7 Å². The Morgan fingerprint density at radius 1 is 1.14 bits per heavy atom. The van der Waals surface area contributed by atoms with Gasteiger partial charge in [0.1, 0.15) is 7.05 Å². The van der Waals surface area contributed by atoms with E-state index in [1.165, 1.54) is 0 Å². The Bertz CT molecular complexity index is 858. The molecule has 0 unspecified atom stereocenters. The quantitative estimate of drug-likeness (QED) is 0.584. The van der Waals surface area contributed by atoms with Crippen LogP contribution in [0.25, 0.3) is 5.57 Å². The molecule has 22 heavy (non-hydrogen) atoms. The third-order valence-corrected chi connectivity index (χ3v) is 5.00. The van der Waals surface area contributed by atoms with Crippen LogP contribution in [0, 0.1) is 13.8 Å². The number of carbonyl (C=O) groups excluding carboxylic acids is 1. The average molecular weight is 296 g/mol. The fourth-order valence-electron chi connectivity index (χ4n) is 3.10. The molecule has 0 N–H and O–H groups in total. The minimum atomic E-state index is -0.132. The maximum Gasteiger partial charge on any atom is 0.193 e. The van der Waals surface area contributed by atoms with Gasteiger partial charge in [0, 0.05) is 55.1 Å². The van der Waals surface area contributed by atoms with Crippen molar-refractivity contribution in [3.8, 4) is 0 Å². The molecule has 0 radical (unpaired) electrons. The lowest BCUT2D eigenvalue weighted by Crippen LogP contribution is -2.31. The van der Waals surface area contributed by atoms with Crippen LogP contribution in [0.1, 0.15) is 30.8 Å². The Labute approximate surface area is 130 Å². The van der Waals surface area contributed by atoms with Crippen molar-refractivity contribution in [1.29, 1.82) is 0 Å². The van der Waals surface area contributed by atoms with Gasteiger partial charge >= 0.3 is 0 Å². The van der Waals surface area contributed by atoms with E-state index in [-0.39, 0.29) is 11.5 Å². The predicted octanol–water partition coefficient (Wildman–Crippen LogP) is 1.61. The van der Waals surface area contributed by atoms with E-state index in [9.17, 15) is 9.90 Å². The molecule has 114 valence electrons. The van der Waals surface area contributed by atoms with Crippen molar-refractivity contribution in [3.05, 3.63) is 51.7 Å². The first-order valence-corrected chi connectivity index (χ1v) is 7.35. The van der Waals surface area contributed by atoms with E-state index in [0.29, 0.717) is 11.1 Å². The molecule has 0 saturated heterocycles. The van der Waals surface area contributed by atoms with Crippen LogP contribution < -0.4 is 5.11 Å². The smallest absolute Gasteiger partial charge is 0.193 e. The van der Waals surface area contributed by atoms with Gasteiger partial charge in [0.25, 0.3) is 0 Å². The second kappa shape index (κ2) is 4.57. The van der Waals surface area contributed by atoms with Gasteiger partial charge in [-0.05, 0) is 19.9 Å². The summed E-state index contributed by atoms with van der Waals surface area (Å²) in [5.74, 6) is -0.264. The van der Waals surface area contributed by atoms with Crippen molar-refractivity contribution < 1.29 is 14.5 Å². The summed E-state index contributed by atoms with van der Waals surface area (Å²) in [6.45, 7) is 7.82. The molecule has 1 aromatic rings. The van der Waals surface area contributed by atoms with Gasteiger partial charge in [-0.15, -0.1) is 0 Å². The first-order chi connectivity index (χ1) is 10.3. The fraction of sp³-hybridized carbons (Fsp3) is 0.333. The Kier molecular flexibility index (Phi) is 3.02. The number of rotatable bonds is 1. The second-order valence-corrected chi connectivity index (χ2v) is 6.10.